The molecule has 0 aliphatic rings. The van der Waals surface area contributed by atoms with E-state index >= 15 is 0 Å². The molecule has 6 aromatic rings. The van der Waals surface area contributed by atoms with Gasteiger partial charge in [0.25, 0.3) is 15.9 Å². The van der Waals surface area contributed by atoms with Crippen molar-refractivity contribution in [3.05, 3.63) is 133 Å². The van der Waals surface area contributed by atoms with Gasteiger partial charge >= 0.3 is 0 Å². The Labute approximate surface area is 260 Å². The molecule has 2 heterocycles. The fourth-order valence-corrected chi connectivity index (χ4v) is 5.79. The third kappa shape index (κ3) is 7.71. The summed E-state index contributed by atoms with van der Waals surface area (Å²) < 4.78 is 39.8. The first-order valence-corrected chi connectivity index (χ1v) is 15.9. The summed E-state index contributed by atoms with van der Waals surface area (Å²) in [5.74, 6) is 1.33. The Morgan fingerprint density at radius 3 is 2.47 bits per heavy atom. The third-order valence-electron chi connectivity index (χ3n) is 7.18. The number of fused-ring (bicyclic) bond motifs is 1. The summed E-state index contributed by atoms with van der Waals surface area (Å²) in [6, 6.07) is 30.9. The van der Waals surface area contributed by atoms with Crippen LogP contribution in [0.4, 0.5) is 5.69 Å². The molecule has 0 radical (unpaired) electrons. The second kappa shape index (κ2) is 13.7. The molecule has 1 atom stereocenters. The average molecular weight is 622 g/mol. The van der Waals surface area contributed by atoms with Gasteiger partial charge in [-0.05, 0) is 83.9 Å². The zero-order chi connectivity index (χ0) is 31.1. The zero-order valence-electron chi connectivity index (χ0n) is 24.2. The second-order valence-corrected chi connectivity index (χ2v) is 12.1. The van der Waals surface area contributed by atoms with Gasteiger partial charge in [-0.15, -0.1) is 0 Å². The molecular formula is C34H31N5O5S. The van der Waals surface area contributed by atoms with Crippen molar-refractivity contribution >= 4 is 26.5 Å². The molecule has 0 saturated heterocycles. The van der Waals surface area contributed by atoms with E-state index in [4.69, 9.17) is 9.26 Å². The number of nitrogens with zero attached hydrogens (tertiary/aromatic N) is 3. The molecule has 0 saturated carbocycles. The number of nitrogens with one attached hydrogen (secondary N) is 2. The zero-order valence-corrected chi connectivity index (χ0v) is 25.0. The number of hydrogen-bond acceptors (Lipinski definition) is 9. The molecule has 0 spiro atoms. The van der Waals surface area contributed by atoms with E-state index in [1.807, 2.05) is 60.7 Å². The van der Waals surface area contributed by atoms with Crippen molar-refractivity contribution in [3.8, 4) is 17.1 Å². The van der Waals surface area contributed by atoms with Crippen LogP contribution < -0.4 is 14.8 Å². The highest BCUT2D eigenvalue weighted by Crippen LogP contribution is 2.24. The standard InChI is InChI=1S/C34H31N5O5S/c40-32(28-6-3-18-35-21-28)22-36-19-17-24-7-12-29(13-8-24)39-45(41,42)31-15-10-26(11-16-31)34-37-33(44-38-34)23-43-30-14-9-25-4-1-2-5-27(25)20-30/h1-16,18,20-21,32,36,39-40H,17,19,22-23H2/t32-/m0/s1. The van der Waals surface area contributed by atoms with E-state index < -0.39 is 16.1 Å². The molecule has 0 aliphatic heterocycles. The van der Waals surface area contributed by atoms with Crippen LogP contribution in [0.25, 0.3) is 22.2 Å². The minimum atomic E-state index is -3.81. The molecule has 4 aromatic carbocycles. The van der Waals surface area contributed by atoms with Crippen LogP contribution in [0.3, 0.4) is 0 Å². The van der Waals surface area contributed by atoms with Crippen molar-refractivity contribution in [2.45, 2.75) is 24.0 Å². The molecule has 0 fully saturated rings. The van der Waals surface area contributed by atoms with Gasteiger partial charge in [0.1, 0.15) is 5.75 Å². The van der Waals surface area contributed by atoms with Gasteiger partial charge in [-0.3, -0.25) is 9.71 Å². The quantitative estimate of drug-likeness (QED) is 0.142. The summed E-state index contributed by atoms with van der Waals surface area (Å²) in [5, 5.41) is 19.7. The largest absolute Gasteiger partial charge is 0.484 e. The van der Waals surface area contributed by atoms with E-state index in [1.54, 1.807) is 42.7 Å². The van der Waals surface area contributed by atoms with Crippen LogP contribution in [0, 0.1) is 0 Å². The predicted octanol–water partition coefficient (Wildman–Crippen LogP) is 5.53. The Kier molecular flexibility index (Phi) is 9.11. The van der Waals surface area contributed by atoms with E-state index in [0.717, 1.165) is 28.3 Å². The van der Waals surface area contributed by atoms with E-state index in [1.165, 1.54) is 12.1 Å². The first-order valence-electron chi connectivity index (χ1n) is 14.4. The molecule has 2 aromatic heterocycles. The van der Waals surface area contributed by atoms with Crippen molar-refractivity contribution in [2.24, 2.45) is 0 Å². The summed E-state index contributed by atoms with van der Waals surface area (Å²) in [4.78, 5) is 8.52. The van der Waals surface area contributed by atoms with Gasteiger partial charge in [0.2, 0.25) is 5.82 Å². The van der Waals surface area contributed by atoms with Gasteiger partial charge in [-0.25, -0.2) is 8.42 Å². The lowest BCUT2D eigenvalue weighted by Gasteiger charge is -2.12. The van der Waals surface area contributed by atoms with Gasteiger partial charge in [-0.1, -0.05) is 53.7 Å². The predicted molar refractivity (Wildman–Crippen MR) is 171 cm³/mol. The fraction of sp³-hybridized carbons (Fsp3) is 0.147. The number of anilines is 1. The smallest absolute Gasteiger partial charge is 0.264 e. The molecule has 3 N–H and O–H groups in total. The number of aliphatic hydroxyl groups is 1. The highest BCUT2D eigenvalue weighted by Gasteiger charge is 2.16. The van der Waals surface area contributed by atoms with Crippen molar-refractivity contribution in [1.82, 2.24) is 20.4 Å². The Morgan fingerprint density at radius 1 is 0.889 bits per heavy atom. The molecule has 0 amide bonds. The normalized spacial score (nSPS) is 12.2. The minimum absolute atomic E-state index is 0.103. The lowest BCUT2D eigenvalue weighted by Crippen LogP contribution is -2.23. The Hall–Kier alpha value is -5.10. The number of pyridine rings is 1. The number of aliphatic hydroxyl groups excluding tert-OH is 1. The number of hydrogen-bond donors (Lipinski definition) is 3. The SMILES string of the molecule is O=S(=O)(Nc1ccc(CCNC[C@H](O)c2cccnc2)cc1)c1ccc(-c2noc(COc3ccc4ccccc4c3)n2)cc1. The highest BCUT2D eigenvalue weighted by atomic mass is 32.2. The van der Waals surface area contributed by atoms with Crippen molar-refractivity contribution in [1.29, 1.82) is 0 Å². The van der Waals surface area contributed by atoms with E-state index in [0.29, 0.717) is 41.8 Å². The number of aromatic nitrogens is 3. The summed E-state index contributed by atoms with van der Waals surface area (Å²) in [5.41, 5.74) is 2.87. The topological polar surface area (TPSA) is 139 Å². The van der Waals surface area contributed by atoms with Gasteiger partial charge in [0, 0.05) is 35.8 Å². The first kappa shape index (κ1) is 29.9. The number of ether oxygens (including phenoxy) is 1. The van der Waals surface area contributed by atoms with Crippen molar-refractivity contribution < 1.29 is 22.8 Å². The van der Waals surface area contributed by atoms with Crippen molar-refractivity contribution in [2.75, 3.05) is 17.8 Å². The second-order valence-electron chi connectivity index (χ2n) is 10.4. The average Bonchev–Trinajstić information content (AvgIpc) is 3.56. The van der Waals surface area contributed by atoms with Crippen LogP contribution in [0.5, 0.6) is 5.75 Å². The summed E-state index contributed by atoms with van der Waals surface area (Å²) in [6.07, 6.45) is 3.41. The van der Waals surface area contributed by atoms with Crippen LogP contribution in [-0.2, 0) is 23.1 Å². The van der Waals surface area contributed by atoms with E-state index in [9.17, 15) is 13.5 Å². The molecule has 0 unspecified atom stereocenters. The van der Waals surface area contributed by atoms with Gasteiger partial charge in [0.05, 0.1) is 11.0 Å². The Bertz CT molecular complexity index is 1960. The minimum Gasteiger partial charge on any atom is -0.484 e. The van der Waals surface area contributed by atoms with Crippen LogP contribution in [0.2, 0.25) is 0 Å². The van der Waals surface area contributed by atoms with Crippen LogP contribution in [0.15, 0.2) is 125 Å². The third-order valence-corrected chi connectivity index (χ3v) is 8.57. The van der Waals surface area contributed by atoms with Crippen molar-refractivity contribution in [3.63, 3.8) is 0 Å². The van der Waals surface area contributed by atoms with Gasteiger partial charge in [-0.2, -0.15) is 4.98 Å². The Morgan fingerprint density at radius 2 is 1.69 bits per heavy atom. The maximum absolute atomic E-state index is 13.0. The molecule has 6 rings (SSSR count). The maximum Gasteiger partial charge on any atom is 0.264 e. The molecular weight excluding hydrogens is 590 g/mol. The van der Waals surface area contributed by atoms with Crippen LogP contribution in [0.1, 0.15) is 23.1 Å². The highest BCUT2D eigenvalue weighted by molar-refractivity contribution is 7.92. The summed E-state index contributed by atoms with van der Waals surface area (Å²) in [6.45, 7) is 1.18. The van der Waals surface area contributed by atoms with Crippen LogP contribution >= 0.6 is 0 Å². The fourth-order valence-electron chi connectivity index (χ4n) is 4.73. The molecule has 11 heteroatoms. The van der Waals surface area contributed by atoms with Gasteiger partial charge < -0.3 is 19.7 Å². The lowest BCUT2D eigenvalue weighted by molar-refractivity contribution is 0.174. The van der Waals surface area contributed by atoms with E-state index in [-0.39, 0.29) is 11.5 Å². The molecule has 10 nitrogen and oxygen atoms in total. The lowest BCUT2D eigenvalue weighted by atomic mass is 10.1. The number of rotatable bonds is 13. The Balaban J connectivity index is 0.993. The van der Waals surface area contributed by atoms with Crippen LogP contribution in [-0.4, -0.2) is 41.7 Å². The maximum atomic E-state index is 13.0. The molecule has 45 heavy (non-hydrogen) atoms. The monoisotopic (exact) mass is 621 g/mol. The summed E-state index contributed by atoms with van der Waals surface area (Å²) >= 11 is 0. The molecule has 0 bridgehead atoms. The first-order chi connectivity index (χ1) is 21.9. The molecule has 0 aliphatic carbocycles. The van der Waals surface area contributed by atoms with Gasteiger partial charge in [0.15, 0.2) is 6.61 Å². The number of sulfonamides is 1. The molecule has 228 valence electrons. The summed E-state index contributed by atoms with van der Waals surface area (Å²) in [7, 11) is -3.81. The number of benzene rings is 4. The van der Waals surface area contributed by atoms with E-state index in [2.05, 4.69) is 25.2 Å².